The highest BCUT2D eigenvalue weighted by molar-refractivity contribution is 7.90. The molecule has 2 aromatic carbocycles. The van der Waals surface area contributed by atoms with Crippen LogP contribution in [0.25, 0.3) is 10.9 Å². The Bertz CT molecular complexity index is 1120. The van der Waals surface area contributed by atoms with Gasteiger partial charge < -0.3 is 5.32 Å². The first-order valence-corrected chi connectivity index (χ1v) is 10.9. The van der Waals surface area contributed by atoms with Crippen LogP contribution in [0.5, 0.6) is 0 Å². The zero-order valence-corrected chi connectivity index (χ0v) is 16.5. The van der Waals surface area contributed by atoms with Gasteiger partial charge in [0.15, 0.2) is 0 Å². The number of hydrogen-bond donors (Lipinski definition) is 1. The van der Waals surface area contributed by atoms with Crippen LogP contribution in [0.15, 0.2) is 53.6 Å². The summed E-state index contributed by atoms with van der Waals surface area (Å²) >= 11 is 5.94. The van der Waals surface area contributed by atoms with Gasteiger partial charge in [-0.3, -0.25) is 0 Å². The number of nitrogens with one attached hydrogen (secondary N) is 1. The monoisotopic (exact) mass is 424 g/mol. The Morgan fingerprint density at radius 1 is 1.11 bits per heavy atom. The molecule has 4 nitrogen and oxygen atoms in total. The van der Waals surface area contributed by atoms with E-state index in [4.69, 9.17) is 11.6 Å². The van der Waals surface area contributed by atoms with Crippen molar-refractivity contribution in [1.29, 1.82) is 0 Å². The molecule has 0 atom stereocenters. The number of hydrogen-bond acceptors (Lipinski definition) is 3. The van der Waals surface area contributed by atoms with E-state index in [2.05, 4.69) is 5.32 Å². The van der Waals surface area contributed by atoms with Gasteiger partial charge in [-0.05, 0) is 61.7 Å². The summed E-state index contributed by atoms with van der Waals surface area (Å²) < 4.78 is 55.0. The number of alkyl halides is 2. The average Bonchev–Trinajstić information content (AvgIpc) is 3.09. The fourth-order valence-electron chi connectivity index (χ4n) is 3.89. The summed E-state index contributed by atoms with van der Waals surface area (Å²) in [5.74, 6) is 0.118. The molecule has 148 valence electrons. The summed E-state index contributed by atoms with van der Waals surface area (Å²) in [4.78, 5) is -0.0371. The van der Waals surface area contributed by atoms with Crippen molar-refractivity contribution in [1.82, 2.24) is 9.29 Å². The smallest absolute Gasteiger partial charge is 0.268 e. The largest absolute Gasteiger partial charge is 0.317 e. The second-order valence-corrected chi connectivity index (χ2v) is 9.16. The quantitative estimate of drug-likeness (QED) is 0.645. The molecule has 0 bridgehead atoms. The number of fused-ring (bicyclic) bond motifs is 1. The van der Waals surface area contributed by atoms with E-state index >= 15 is 0 Å². The van der Waals surface area contributed by atoms with E-state index < -0.39 is 16.4 Å². The van der Waals surface area contributed by atoms with E-state index in [9.17, 15) is 17.2 Å². The highest BCUT2D eigenvalue weighted by atomic mass is 35.5. The topological polar surface area (TPSA) is 51.1 Å². The molecular formula is C20H19ClF2N2O2S. The standard InChI is InChI=1S/C20H19ClF2N2O2S/c21-14-3-1-4-15(11-14)28(26,27)25-12-17(20(22)23)19-16(5-2-6-18(19)25)13-7-9-24-10-8-13/h1-6,11-13,20,24H,7-10H2. The predicted octanol–water partition coefficient (Wildman–Crippen LogP) is 4.94. The summed E-state index contributed by atoms with van der Waals surface area (Å²) in [6.07, 6.45) is -0.0702. The highest BCUT2D eigenvalue weighted by Crippen LogP contribution is 2.39. The molecular weight excluding hydrogens is 406 g/mol. The van der Waals surface area contributed by atoms with Crippen molar-refractivity contribution in [2.24, 2.45) is 0 Å². The lowest BCUT2D eigenvalue weighted by Crippen LogP contribution is -2.26. The first-order valence-electron chi connectivity index (χ1n) is 9.03. The molecule has 1 aromatic heterocycles. The summed E-state index contributed by atoms with van der Waals surface area (Å²) in [5.41, 5.74) is 0.801. The van der Waals surface area contributed by atoms with Gasteiger partial charge in [0, 0.05) is 22.2 Å². The Morgan fingerprint density at radius 3 is 2.50 bits per heavy atom. The maximum absolute atomic E-state index is 13.9. The Labute approximate surface area is 167 Å². The van der Waals surface area contributed by atoms with E-state index in [1.807, 2.05) is 6.07 Å². The van der Waals surface area contributed by atoms with Crippen molar-refractivity contribution in [3.8, 4) is 0 Å². The normalized spacial score (nSPS) is 16.1. The minimum Gasteiger partial charge on any atom is -0.317 e. The van der Waals surface area contributed by atoms with Gasteiger partial charge in [-0.1, -0.05) is 29.8 Å². The van der Waals surface area contributed by atoms with E-state index in [1.54, 1.807) is 18.2 Å². The highest BCUT2D eigenvalue weighted by Gasteiger charge is 2.28. The second-order valence-electron chi connectivity index (χ2n) is 6.91. The summed E-state index contributed by atoms with van der Waals surface area (Å²) in [6.45, 7) is 1.62. The molecule has 0 spiro atoms. The van der Waals surface area contributed by atoms with Crippen LogP contribution in [0.4, 0.5) is 8.78 Å². The van der Waals surface area contributed by atoms with Gasteiger partial charge in [-0.15, -0.1) is 0 Å². The van der Waals surface area contributed by atoms with E-state index in [1.165, 1.54) is 18.2 Å². The van der Waals surface area contributed by atoms with Gasteiger partial charge in [-0.2, -0.15) is 0 Å². The Morgan fingerprint density at radius 2 is 1.82 bits per heavy atom. The lowest BCUT2D eigenvalue weighted by molar-refractivity contribution is 0.153. The predicted molar refractivity (Wildman–Crippen MR) is 106 cm³/mol. The molecule has 8 heteroatoms. The van der Waals surface area contributed by atoms with Crippen LogP contribution in [-0.4, -0.2) is 25.5 Å². The number of aromatic nitrogens is 1. The number of piperidine rings is 1. The maximum atomic E-state index is 13.9. The van der Waals surface area contributed by atoms with Gasteiger partial charge in [0.1, 0.15) is 0 Å². The van der Waals surface area contributed by atoms with Crippen molar-refractivity contribution in [2.75, 3.05) is 13.1 Å². The molecule has 3 aromatic rings. The summed E-state index contributed by atoms with van der Waals surface area (Å²) in [7, 11) is -4.06. The lowest BCUT2D eigenvalue weighted by atomic mass is 9.87. The SMILES string of the molecule is O=S(=O)(c1cccc(Cl)c1)n1cc(C(F)F)c2c(C3CCNCC3)cccc21. The van der Waals surface area contributed by atoms with E-state index in [-0.39, 0.29) is 26.9 Å². The Hall–Kier alpha value is -1.96. The van der Waals surface area contributed by atoms with Crippen molar-refractivity contribution in [2.45, 2.75) is 30.1 Å². The van der Waals surface area contributed by atoms with Crippen molar-refractivity contribution >= 4 is 32.5 Å². The summed E-state index contributed by atoms with van der Waals surface area (Å²) in [5, 5.41) is 3.87. The molecule has 1 aliphatic rings. The van der Waals surface area contributed by atoms with Crippen molar-refractivity contribution in [3.05, 3.63) is 64.8 Å². The van der Waals surface area contributed by atoms with Crippen LogP contribution in [0.2, 0.25) is 5.02 Å². The summed E-state index contributed by atoms with van der Waals surface area (Å²) in [6, 6.07) is 11.0. The van der Waals surface area contributed by atoms with Crippen LogP contribution in [0.1, 0.15) is 36.3 Å². The van der Waals surface area contributed by atoms with Gasteiger partial charge >= 0.3 is 0 Å². The van der Waals surface area contributed by atoms with Crippen LogP contribution in [-0.2, 0) is 10.0 Å². The molecule has 4 rings (SSSR count). The molecule has 28 heavy (non-hydrogen) atoms. The first kappa shape index (κ1) is 19.4. The average molecular weight is 425 g/mol. The molecule has 1 fully saturated rings. The minimum absolute atomic E-state index is 0.0371. The molecule has 0 radical (unpaired) electrons. The molecule has 1 saturated heterocycles. The minimum atomic E-state index is -4.06. The maximum Gasteiger partial charge on any atom is 0.268 e. The third kappa shape index (κ3) is 3.32. The van der Waals surface area contributed by atoms with E-state index in [0.29, 0.717) is 5.39 Å². The first-order chi connectivity index (χ1) is 13.4. The lowest BCUT2D eigenvalue weighted by Gasteiger charge is -2.24. The van der Waals surface area contributed by atoms with E-state index in [0.717, 1.165) is 41.7 Å². The van der Waals surface area contributed by atoms with Crippen LogP contribution >= 0.6 is 11.6 Å². The van der Waals surface area contributed by atoms with Gasteiger partial charge in [0.2, 0.25) is 0 Å². The molecule has 0 aliphatic carbocycles. The van der Waals surface area contributed by atoms with Crippen molar-refractivity contribution < 1.29 is 17.2 Å². The number of nitrogens with zero attached hydrogens (tertiary/aromatic N) is 1. The molecule has 0 unspecified atom stereocenters. The fourth-order valence-corrected chi connectivity index (χ4v) is 5.57. The molecule has 0 saturated carbocycles. The zero-order chi connectivity index (χ0) is 19.9. The number of benzene rings is 2. The van der Waals surface area contributed by atoms with Crippen molar-refractivity contribution in [3.63, 3.8) is 0 Å². The molecule has 1 aliphatic heterocycles. The molecule has 1 N–H and O–H groups in total. The van der Waals surface area contributed by atoms with Crippen LogP contribution in [0.3, 0.4) is 0 Å². The van der Waals surface area contributed by atoms with Gasteiger partial charge in [0.05, 0.1) is 10.4 Å². The zero-order valence-electron chi connectivity index (χ0n) is 14.9. The molecule has 0 amide bonds. The molecule has 2 heterocycles. The Kier molecular flexibility index (Phi) is 5.16. The fraction of sp³-hybridized carbons (Fsp3) is 0.300. The van der Waals surface area contributed by atoms with Gasteiger partial charge in [0.25, 0.3) is 16.4 Å². The number of rotatable bonds is 4. The Balaban J connectivity index is 1.96. The number of halogens is 3. The third-order valence-corrected chi connectivity index (χ3v) is 7.13. The van der Waals surface area contributed by atoms with Crippen LogP contribution in [0, 0.1) is 0 Å². The van der Waals surface area contributed by atoms with Crippen LogP contribution < -0.4 is 5.32 Å². The second kappa shape index (κ2) is 7.46. The third-order valence-electron chi connectivity index (χ3n) is 5.22. The van der Waals surface area contributed by atoms with Gasteiger partial charge in [-0.25, -0.2) is 21.2 Å².